The van der Waals surface area contributed by atoms with Gasteiger partial charge in [-0.2, -0.15) is 0 Å². The van der Waals surface area contributed by atoms with E-state index in [-0.39, 0.29) is 6.04 Å². The Balaban J connectivity index is 2.74. The van der Waals surface area contributed by atoms with Gasteiger partial charge in [0.15, 0.2) is 0 Å². The molecule has 2 heteroatoms. The summed E-state index contributed by atoms with van der Waals surface area (Å²) < 4.78 is 0. The largest absolute Gasteiger partial charge is 0.357 e. The third-order valence-electron chi connectivity index (χ3n) is 2.46. The van der Waals surface area contributed by atoms with Crippen molar-refractivity contribution in [2.45, 2.75) is 19.9 Å². The van der Waals surface area contributed by atoms with Crippen molar-refractivity contribution in [3.05, 3.63) is 35.5 Å². The Morgan fingerprint density at radius 1 is 1.31 bits per heavy atom. The summed E-state index contributed by atoms with van der Waals surface area (Å²) in [5.74, 6) is 0. The molecule has 0 fully saturated rings. The maximum atomic E-state index is 5.85. The number of aromatic nitrogens is 1. The Bertz CT molecular complexity index is 427. The molecule has 68 valence electrons. The van der Waals surface area contributed by atoms with E-state index >= 15 is 0 Å². The van der Waals surface area contributed by atoms with E-state index in [4.69, 9.17) is 5.73 Å². The molecule has 1 heterocycles. The van der Waals surface area contributed by atoms with Gasteiger partial charge < -0.3 is 10.7 Å². The maximum absolute atomic E-state index is 5.85. The first-order valence-corrected chi connectivity index (χ1v) is 4.53. The van der Waals surface area contributed by atoms with Crippen LogP contribution < -0.4 is 5.73 Å². The molecular formula is C11H14N2. The molecule has 0 unspecified atom stereocenters. The summed E-state index contributed by atoms with van der Waals surface area (Å²) in [6.07, 6.45) is 0. The minimum absolute atomic E-state index is 0.0763. The molecule has 0 radical (unpaired) electrons. The summed E-state index contributed by atoms with van der Waals surface area (Å²) in [5, 5.41) is 1.27. The van der Waals surface area contributed by atoms with Crippen LogP contribution >= 0.6 is 0 Å². The van der Waals surface area contributed by atoms with Crippen molar-refractivity contribution < 1.29 is 0 Å². The zero-order valence-corrected chi connectivity index (χ0v) is 7.96. The average Bonchev–Trinajstić information content (AvgIpc) is 2.45. The fraction of sp³-hybridized carbons (Fsp3) is 0.273. The Kier molecular flexibility index (Phi) is 1.85. The van der Waals surface area contributed by atoms with Crippen molar-refractivity contribution in [3.8, 4) is 0 Å². The Morgan fingerprint density at radius 2 is 2.00 bits per heavy atom. The van der Waals surface area contributed by atoms with Crippen molar-refractivity contribution in [1.82, 2.24) is 4.98 Å². The van der Waals surface area contributed by atoms with Gasteiger partial charge in [-0.15, -0.1) is 0 Å². The number of H-pyrrole nitrogens is 1. The number of rotatable bonds is 1. The van der Waals surface area contributed by atoms with Gasteiger partial charge >= 0.3 is 0 Å². The molecule has 2 aromatic rings. The van der Waals surface area contributed by atoms with E-state index < -0.39 is 0 Å². The lowest BCUT2D eigenvalue weighted by Crippen LogP contribution is -2.06. The third-order valence-corrected chi connectivity index (χ3v) is 2.46. The molecule has 3 N–H and O–H groups in total. The van der Waals surface area contributed by atoms with Crippen LogP contribution in [-0.2, 0) is 0 Å². The number of para-hydroxylation sites is 1. The summed E-state index contributed by atoms with van der Waals surface area (Å²) >= 11 is 0. The van der Waals surface area contributed by atoms with Gasteiger partial charge in [0.05, 0.1) is 0 Å². The molecular weight excluding hydrogens is 160 g/mol. The van der Waals surface area contributed by atoms with Crippen molar-refractivity contribution in [3.63, 3.8) is 0 Å². The molecule has 1 aromatic heterocycles. The number of aryl methyl sites for hydroxylation is 1. The highest BCUT2D eigenvalue weighted by Crippen LogP contribution is 2.24. The van der Waals surface area contributed by atoms with Crippen LogP contribution in [0.15, 0.2) is 24.3 Å². The van der Waals surface area contributed by atoms with Gasteiger partial charge in [0.2, 0.25) is 0 Å². The Labute approximate surface area is 77.8 Å². The first-order valence-electron chi connectivity index (χ1n) is 4.53. The molecule has 2 nitrogen and oxygen atoms in total. The fourth-order valence-corrected chi connectivity index (χ4v) is 1.76. The fourth-order valence-electron chi connectivity index (χ4n) is 1.76. The number of hydrogen-bond donors (Lipinski definition) is 2. The van der Waals surface area contributed by atoms with Gasteiger partial charge in [-0.3, -0.25) is 0 Å². The van der Waals surface area contributed by atoms with Crippen LogP contribution in [0.2, 0.25) is 0 Å². The van der Waals surface area contributed by atoms with E-state index in [0.717, 1.165) is 5.69 Å². The maximum Gasteiger partial charge on any atom is 0.0459 e. The van der Waals surface area contributed by atoms with Crippen LogP contribution in [0, 0.1) is 6.92 Å². The molecule has 0 saturated carbocycles. The summed E-state index contributed by atoms with van der Waals surface area (Å²) in [6, 6.07) is 8.35. The Hall–Kier alpha value is -1.28. The number of hydrogen-bond acceptors (Lipinski definition) is 1. The normalized spacial score (nSPS) is 13.5. The van der Waals surface area contributed by atoms with Crippen LogP contribution in [-0.4, -0.2) is 4.98 Å². The predicted molar refractivity (Wildman–Crippen MR) is 55.6 cm³/mol. The van der Waals surface area contributed by atoms with Crippen molar-refractivity contribution in [1.29, 1.82) is 0 Å². The van der Waals surface area contributed by atoms with E-state index in [1.54, 1.807) is 0 Å². The second kappa shape index (κ2) is 2.89. The van der Waals surface area contributed by atoms with Gasteiger partial charge in [-0.05, 0) is 25.5 Å². The van der Waals surface area contributed by atoms with Crippen LogP contribution in [0.4, 0.5) is 0 Å². The zero-order valence-electron chi connectivity index (χ0n) is 7.96. The molecule has 13 heavy (non-hydrogen) atoms. The molecule has 0 aliphatic heterocycles. The standard InChI is InChI=1S/C11H14N2/c1-7-9-5-3-4-6-10(9)13-11(7)8(2)12/h3-6,8,13H,12H2,1-2H3/t8-/m1/s1. The molecule has 0 spiro atoms. The highest BCUT2D eigenvalue weighted by atomic mass is 14.8. The number of fused-ring (bicyclic) bond motifs is 1. The molecule has 1 aromatic carbocycles. The summed E-state index contributed by atoms with van der Waals surface area (Å²) in [7, 11) is 0. The lowest BCUT2D eigenvalue weighted by atomic mass is 10.1. The molecule has 2 rings (SSSR count). The summed E-state index contributed by atoms with van der Waals surface area (Å²) in [6.45, 7) is 4.11. The van der Waals surface area contributed by atoms with E-state index in [9.17, 15) is 0 Å². The van der Waals surface area contributed by atoms with Crippen LogP contribution in [0.25, 0.3) is 10.9 Å². The van der Waals surface area contributed by atoms with Gasteiger partial charge in [-0.1, -0.05) is 18.2 Å². The lowest BCUT2D eigenvalue weighted by molar-refractivity contribution is 0.785. The second-order valence-electron chi connectivity index (χ2n) is 3.50. The van der Waals surface area contributed by atoms with Crippen molar-refractivity contribution in [2.75, 3.05) is 0 Å². The van der Waals surface area contributed by atoms with Gasteiger partial charge in [0.25, 0.3) is 0 Å². The van der Waals surface area contributed by atoms with Gasteiger partial charge in [0.1, 0.15) is 0 Å². The van der Waals surface area contributed by atoms with Crippen molar-refractivity contribution in [2.24, 2.45) is 5.73 Å². The summed E-state index contributed by atoms with van der Waals surface area (Å²) in [5.41, 5.74) is 9.43. The molecule has 0 saturated heterocycles. The summed E-state index contributed by atoms with van der Waals surface area (Å²) in [4.78, 5) is 3.34. The number of benzene rings is 1. The number of nitrogens with one attached hydrogen (secondary N) is 1. The van der Waals surface area contributed by atoms with Crippen LogP contribution in [0.1, 0.15) is 24.2 Å². The van der Waals surface area contributed by atoms with Crippen molar-refractivity contribution >= 4 is 10.9 Å². The quantitative estimate of drug-likeness (QED) is 0.685. The first kappa shape index (κ1) is 8.32. The average molecular weight is 174 g/mol. The highest BCUT2D eigenvalue weighted by Gasteiger charge is 2.09. The number of aromatic amines is 1. The molecule has 1 atom stereocenters. The monoisotopic (exact) mass is 174 g/mol. The topological polar surface area (TPSA) is 41.8 Å². The van der Waals surface area contributed by atoms with E-state index in [2.05, 4.69) is 24.0 Å². The van der Waals surface area contributed by atoms with E-state index in [1.807, 2.05) is 19.1 Å². The van der Waals surface area contributed by atoms with Gasteiger partial charge in [0, 0.05) is 22.6 Å². The highest BCUT2D eigenvalue weighted by molar-refractivity contribution is 5.84. The smallest absolute Gasteiger partial charge is 0.0459 e. The number of nitrogens with two attached hydrogens (primary N) is 1. The molecule has 0 bridgehead atoms. The lowest BCUT2D eigenvalue weighted by Gasteiger charge is -2.02. The van der Waals surface area contributed by atoms with E-state index in [1.165, 1.54) is 16.5 Å². The Morgan fingerprint density at radius 3 is 2.62 bits per heavy atom. The van der Waals surface area contributed by atoms with Crippen LogP contribution in [0.5, 0.6) is 0 Å². The van der Waals surface area contributed by atoms with Crippen LogP contribution in [0.3, 0.4) is 0 Å². The SMILES string of the molecule is Cc1c([C@@H](C)N)[nH]c2ccccc12. The molecule has 0 aliphatic rings. The first-order chi connectivity index (χ1) is 6.20. The second-order valence-corrected chi connectivity index (χ2v) is 3.50. The third kappa shape index (κ3) is 1.23. The minimum atomic E-state index is 0.0763. The van der Waals surface area contributed by atoms with E-state index in [0.29, 0.717) is 0 Å². The molecule has 0 aliphatic carbocycles. The predicted octanol–water partition coefficient (Wildman–Crippen LogP) is 2.50. The molecule has 0 amide bonds. The van der Waals surface area contributed by atoms with Gasteiger partial charge in [-0.25, -0.2) is 0 Å². The zero-order chi connectivity index (χ0) is 9.42. The minimum Gasteiger partial charge on any atom is -0.357 e.